The average molecular weight is 371 g/mol. The summed E-state index contributed by atoms with van der Waals surface area (Å²) < 4.78 is 27.3. The lowest BCUT2D eigenvalue weighted by Gasteiger charge is -2.29. The first-order chi connectivity index (χ1) is 11.3. The molecule has 0 aliphatic carbocycles. The van der Waals surface area contributed by atoms with E-state index in [1.807, 2.05) is 20.1 Å². The molecule has 0 saturated carbocycles. The van der Waals surface area contributed by atoms with Crippen molar-refractivity contribution in [3.8, 4) is 0 Å². The summed E-state index contributed by atoms with van der Waals surface area (Å²) in [5.74, 6) is 0.284. The lowest BCUT2D eigenvalue weighted by atomic mass is 10.0. The highest BCUT2D eigenvalue weighted by Crippen LogP contribution is 2.31. The van der Waals surface area contributed by atoms with Crippen molar-refractivity contribution in [3.05, 3.63) is 18.2 Å². The number of hydrogen-bond acceptors (Lipinski definition) is 4. The minimum absolute atomic E-state index is 0.119. The summed E-state index contributed by atoms with van der Waals surface area (Å²) in [4.78, 5) is 13.1. The van der Waals surface area contributed by atoms with Crippen molar-refractivity contribution in [2.75, 3.05) is 24.7 Å². The van der Waals surface area contributed by atoms with E-state index in [1.165, 1.54) is 11.8 Å². The normalized spacial score (nSPS) is 17.2. The Balaban J connectivity index is 2.31. The molecule has 24 heavy (non-hydrogen) atoms. The highest BCUT2D eigenvalue weighted by molar-refractivity contribution is 7.98. The summed E-state index contributed by atoms with van der Waals surface area (Å²) >= 11 is 1.48. The van der Waals surface area contributed by atoms with Crippen molar-refractivity contribution in [1.82, 2.24) is 4.31 Å². The molecule has 1 aliphatic heterocycles. The van der Waals surface area contributed by atoms with Crippen molar-refractivity contribution in [2.45, 2.75) is 43.4 Å². The number of benzene rings is 1. The van der Waals surface area contributed by atoms with Gasteiger partial charge in [-0.15, -0.1) is 11.8 Å². The quantitative estimate of drug-likeness (QED) is 0.807. The van der Waals surface area contributed by atoms with Crippen LogP contribution in [-0.2, 0) is 14.8 Å². The molecule has 0 radical (unpaired) electrons. The molecule has 0 spiro atoms. The highest BCUT2D eigenvalue weighted by atomic mass is 32.2. The Morgan fingerprint density at radius 3 is 2.46 bits per heavy atom. The van der Waals surface area contributed by atoms with Gasteiger partial charge in [0, 0.05) is 23.9 Å². The van der Waals surface area contributed by atoms with E-state index in [0.29, 0.717) is 24.7 Å². The zero-order valence-corrected chi connectivity index (χ0v) is 16.3. The van der Waals surface area contributed by atoms with Gasteiger partial charge in [-0.05, 0) is 43.2 Å². The molecule has 0 atom stereocenters. The van der Waals surface area contributed by atoms with Gasteiger partial charge in [-0.25, -0.2) is 8.42 Å². The Morgan fingerprint density at radius 2 is 1.92 bits per heavy atom. The molecular weight excluding hydrogens is 344 g/mol. The fraction of sp³-hybridized carbons (Fsp3) is 0.588. The molecule has 1 heterocycles. The Bertz CT molecular complexity index is 694. The van der Waals surface area contributed by atoms with Crippen LogP contribution in [0.1, 0.15) is 33.6 Å². The fourth-order valence-electron chi connectivity index (χ4n) is 2.60. The largest absolute Gasteiger partial charge is 0.325 e. The van der Waals surface area contributed by atoms with Crippen LogP contribution in [0.15, 0.2) is 28.0 Å². The molecule has 0 unspecified atom stereocenters. The molecule has 0 aromatic heterocycles. The number of carbonyl (C=O) groups is 1. The van der Waals surface area contributed by atoms with Crippen LogP contribution in [0, 0.1) is 11.8 Å². The van der Waals surface area contributed by atoms with Gasteiger partial charge in [0.05, 0.1) is 10.6 Å². The molecule has 1 aromatic rings. The topological polar surface area (TPSA) is 66.5 Å². The number of sulfonamides is 1. The maximum atomic E-state index is 12.9. The molecular formula is C17H26N2O3S2. The summed E-state index contributed by atoms with van der Waals surface area (Å²) in [7, 11) is -3.52. The fourth-order valence-corrected chi connectivity index (χ4v) is 4.63. The second-order valence-corrected chi connectivity index (χ2v) is 9.38. The highest BCUT2D eigenvalue weighted by Gasteiger charge is 2.28. The SMILES string of the molecule is CSc1ccc(S(=O)(=O)N2CCC(C)CC2)cc1NC(=O)C(C)C. The van der Waals surface area contributed by atoms with Gasteiger partial charge in [0.2, 0.25) is 15.9 Å². The number of nitrogens with zero attached hydrogens (tertiary/aromatic N) is 1. The monoisotopic (exact) mass is 370 g/mol. The number of hydrogen-bond donors (Lipinski definition) is 1. The molecule has 5 nitrogen and oxygen atoms in total. The number of amides is 1. The van der Waals surface area contributed by atoms with Gasteiger partial charge in [-0.3, -0.25) is 4.79 Å². The van der Waals surface area contributed by atoms with Gasteiger partial charge in [-0.1, -0.05) is 20.8 Å². The maximum Gasteiger partial charge on any atom is 0.243 e. The van der Waals surface area contributed by atoms with Crippen LogP contribution >= 0.6 is 11.8 Å². The van der Waals surface area contributed by atoms with Crippen LogP contribution in [0.2, 0.25) is 0 Å². The Labute approximate surface area is 149 Å². The van der Waals surface area contributed by atoms with Crippen LogP contribution < -0.4 is 5.32 Å². The summed E-state index contributed by atoms with van der Waals surface area (Å²) in [5.41, 5.74) is 0.563. The van der Waals surface area contributed by atoms with Crippen LogP contribution in [0.4, 0.5) is 5.69 Å². The van der Waals surface area contributed by atoms with Gasteiger partial charge < -0.3 is 5.32 Å². The van der Waals surface area contributed by atoms with Crippen LogP contribution in [0.5, 0.6) is 0 Å². The molecule has 134 valence electrons. The van der Waals surface area contributed by atoms with E-state index in [9.17, 15) is 13.2 Å². The predicted octanol–water partition coefficient (Wildman–Crippen LogP) is 3.42. The molecule has 1 aromatic carbocycles. The summed E-state index contributed by atoms with van der Waals surface area (Å²) in [5, 5.41) is 2.84. The average Bonchev–Trinajstić information content (AvgIpc) is 2.55. The molecule has 1 aliphatic rings. The maximum absolute atomic E-state index is 12.9. The van der Waals surface area contributed by atoms with Gasteiger partial charge in [0.25, 0.3) is 0 Å². The van der Waals surface area contributed by atoms with E-state index in [-0.39, 0.29) is 16.7 Å². The first kappa shape index (κ1) is 19.3. The lowest BCUT2D eigenvalue weighted by molar-refractivity contribution is -0.118. The number of rotatable bonds is 5. The Hall–Kier alpha value is -1.05. The number of thioether (sulfide) groups is 1. The van der Waals surface area contributed by atoms with E-state index in [0.717, 1.165) is 17.7 Å². The second-order valence-electron chi connectivity index (χ2n) is 6.59. The van der Waals surface area contributed by atoms with Gasteiger partial charge in [0.1, 0.15) is 0 Å². The molecule has 1 saturated heterocycles. The molecule has 1 fully saturated rings. The molecule has 1 amide bonds. The van der Waals surface area contributed by atoms with Crippen molar-refractivity contribution in [3.63, 3.8) is 0 Å². The summed E-state index contributed by atoms with van der Waals surface area (Å²) in [6.07, 6.45) is 3.68. The van der Waals surface area contributed by atoms with Crippen LogP contribution in [0.25, 0.3) is 0 Å². The zero-order valence-electron chi connectivity index (χ0n) is 14.7. The van der Waals surface area contributed by atoms with Crippen molar-refractivity contribution in [1.29, 1.82) is 0 Å². The third kappa shape index (κ3) is 4.32. The smallest absolute Gasteiger partial charge is 0.243 e. The first-order valence-electron chi connectivity index (χ1n) is 8.24. The second kappa shape index (κ2) is 7.89. The van der Waals surface area contributed by atoms with E-state index in [4.69, 9.17) is 0 Å². The summed E-state index contributed by atoms with van der Waals surface area (Å²) in [6, 6.07) is 4.98. The predicted molar refractivity (Wildman–Crippen MR) is 98.8 cm³/mol. The number of carbonyl (C=O) groups excluding carboxylic acids is 1. The number of piperidine rings is 1. The molecule has 1 N–H and O–H groups in total. The minimum atomic E-state index is -3.52. The molecule has 7 heteroatoms. The van der Waals surface area contributed by atoms with Gasteiger partial charge in [0.15, 0.2) is 0 Å². The molecule has 2 rings (SSSR count). The number of nitrogens with one attached hydrogen (secondary N) is 1. The van der Waals surface area contributed by atoms with Crippen LogP contribution in [-0.4, -0.2) is 38.0 Å². The van der Waals surface area contributed by atoms with Crippen LogP contribution in [0.3, 0.4) is 0 Å². The van der Waals surface area contributed by atoms with Crippen molar-refractivity contribution >= 4 is 33.4 Å². The minimum Gasteiger partial charge on any atom is -0.325 e. The van der Waals surface area contributed by atoms with E-state index < -0.39 is 10.0 Å². The first-order valence-corrected chi connectivity index (χ1v) is 10.9. The van der Waals surface area contributed by atoms with Crippen molar-refractivity contribution < 1.29 is 13.2 Å². The third-order valence-corrected chi connectivity index (χ3v) is 7.02. The van der Waals surface area contributed by atoms with Crippen molar-refractivity contribution in [2.24, 2.45) is 11.8 Å². The number of anilines is 1. The standard InChI is InChI=1S/C17H26N2O3S2/c1-12(2)17(20)18-15-11-14(5-6-16(15)23-4)24(21,22)19-9-7-13(3)8-10-19/h5-6,11-13H,7-10H2,1-4H3,(H,18,20). The summed E-state index contributed by atoms with van der Waals surface area (Å²) in [6.45, 7) is 6.88. The zero-order chi connectivity index (χ0) is 17.9. The Morgan fingerprint density at radius 1 is 1.29 bits per heavy atom. The lowest BCUT2D eigenvalue weighted by Crippen LogP contribution is -2.37. The van der Waals surface area contributed by atoms with Gasteiger partial charge in [-0.2, -0.15) is 4.31 Å². The molecule has 0 bridgehead atoms. The van der Waals surface area contributed by atoms with Gasteiger partial charge >= 0.3 is 0 Å². The van der Waals surface area contributed by atoms with E-state index in [1.54, 1.807) is 22.5 Å². The van der Waals surface area contributed by atoms with E-state index >= 15 is 0 Å². The Kier molecular flexibility index (Phi) is 6.33. The van der Waals surface area contributed by atoms with E-state index in [2.05, 4.69) is 12.2 Å². The third-order valence-electron chi connectivity index (χ3n) is 4.33.